The van der Waals surface area contributed by atoms with Gasteiger partial charge < -0.3 is 5.73 Å². The van der Waals surface area contributed by atoms with Crippen LogP contribution in [0.2, 0.25) is 0 Å². The van der Waals surface area contributed by atoms with Gasteiger partial charge in [-0.05, 0) is 36.5 Å². The molecule has 1 aromatic carbocycles. The zero-order chi connectivity index (χ0) is 13.3. The third kappa shape index (κ3) is 2.45. The van der Waals surface area contributed by atoms with Crippen LogP contribution >= 0.6 is 0 Å². The highest BCUT2D eigenvalue weighted by atomic mass is 32.2. The van der Waals surface area contributed by atoms with E-state index in [0.717, 1.165) is 18.4 Å². The van der Waals surface area contributed by atoms with Gasteiger partial charge in [-0.3, -0.25) is 0 Å². The van der Waals surface area contributed by atoms with Crippen molar-refractivity contribution in [3.63, 3.8) is 0 Å². The lowest BCUT2D eigenvalue weighted by atomic mass is 10.0. The van der Waals surface area contributed by atoms with Crippen molar-refractivity contribution in [3.8, 4) is 0 Å². The first-order valence-electron chi connectivity index (χ1n) is 6.52. The molecule has 2 N–H and O–H groups in total. The van der Waals surface area contributed by atoms with Gasteiger partial charge in [0.05, 0.1) is 10.1 Å². The molecule has 1 aromatic rings. The van der Waals surface area contributed by atoms with E-state index in [1.807, 2.05) is 12.1 Å². The number of rotatable bonds is 3. The molecular weight excluding hydrogens is 246 g/mol. The fraction of sp³-hybridized carbons (Fsp3) is 0.571. The molecule has 0 spiro atoms. The highest BCUT2D eigenvalue weighted by Gasteiger charge is 2.36. The summed E-state index contributed by atoms with van der Waals surface area (Å²) in [4.78, 5) is 0.411. The molecule has 1 fully saturated rings. The Labute approximate surface area is 109 Å². The molecule has 3 nitrogen and oxygen atoms in total. The zero-order valence-corrected chi connectivity index (χ0v) is 11.8. The summed E-state index contributed by atoms with van der Waals surface area (Å²) in [5, 5.41) is -0.401. The molecule has 2 unspecified atom stereocenters. The summed E-state index contributed by atoms with van der Waals surface area (Å²) in [6.45, 7) is 4.19. The Balaban J connectivity index is 2.30. The predicted octanol–water partition coefficient (Wildman–Crippen LogP) is 2.46. The minimum Gasteiger partial charge on any atom is -0.327 e. The molecule has 0 radical (unpaired) electrons. The van der Waals surface area contributed by atoms with Crippen LogP contribution in [0.3, 0.4) is 0 Å². The van der Waals surface area contributed by atoms with Gasteiger partial charge in [-0.2, -0.15) is 0 Å². The summed E-state index contributed by atoms with van der Waals surface area (Å²) in [5.74, 6) is 0.412. The number of benzene rings is 1. The van der Waals surface area contributed by atoms with Crippen LogP contribution in [-0.4, -0.2) is 19.7 Å². The molecular formula is C14H21NO2S. The molecule has 2 atom stereocenters. The van der Waals surface area contributed by atoms with Crippen LogP contribution in [0.4, 0.5) is 0 Å². The highest BCUT2D eigenvalue weighted by Crippen LogP contribution is 2.29. The topological polar surface area (TPSA) is 60.2 Å². The van der Waals surface area contributed by atoms with E-state index in [1.54, 1.807) is 12.1 Å². The van der Waals surface area contributed by atoms with Crippen molar-refractivity contribution >= 4 is 9.84 Å². The van der Waals surface area contributed by atoms with E-state index >= 15 is 0 Å². The van der Waals surface area contributed by atoms with Gasteiger partial charge in [0.25, 0.3) is 0 Å². The minimum absolute atomic E-state index is 0.209. The van der Waals surface area contributed by atoms with Crippen LogP contribution < -0.4 is 5.73 Å². The first-order chi connectivity index (χ1) is 8.43. The van der Waals surface area contributed by atoms with Crippen LogP contribution in [-0.2, 0) is 9.84 Å². The van der Waals surface area contributed by atoms with Crippen molar-refractivity contribution in [1.29, 1.82) is 0 Å². The Morgan fingerprint density at radius 3 is 2.22 bits per heavy atom. The van der Waals surface area contributed by atoms with E-state index in [2.05, 4.69) is 13.8 Å². The third-order valence-corrected chi connectivity index (χ3v) is 6.09. The van der Waals surface area contributed by atoms with E-state index in [4.69, 9.17) is 5.73 Å². The molecule has 1 aliphatic rings. The number of sulfone groups is 1. The lowest BCUT2D eigenvalue weighted by molar-refractivity contribution is 0.568. The van der Waals surface area contributed by atoms with Gasteiger partial charge >= 0.3 is 0 Å². The Bertz CT molecular complexity index is 505. The van der Waals surface area contributed by atoms with Crippen LogP contribution in [0, 0.1) is 0 Å². The van der Waals surface area contributed by atoms with E-state index in [0.29, 0.717) is 17.2 Å². The summed E-state index contributed by atoms with van der Waals surface area (Å²) in [6, 6.07) is 7.03. The summed E-state index contributed by atoms with van der Waals surface area (Å²) >= 11 is 0. The maximum Gasteiger partial charge on any atom is 0.182 e. The third-order valence-electron chi connectivity index (χ3n) is 3.78. The fourth-order valence-corrected chi connectivity index (χ4v) is 4.50. The molecule has 100 valence electrons. The summed E-state index contributed by atoms with van der Waals surface area (Å²) in [7, 11) is -3.26. The molecule has 0 amide bonds. The average Bonchev–Trinajstić information content (AvgIpc) is 2.76. The predicted molar refractivity (Wildman–Crippen MR) is 73.3 cm³/mol. The van der Waals surface area contributed by atoms with Gasteiger partial charge in [-0.25, -0.2) is 8.42 Å². The fourth-order valence-electron chi connectivity index (χ4n) is 2.56. The molecule has 1 aliphatic carbocycles. The van der Waals surface area contributed by atoms with Crippen molar-refractivity contribution in [2.24, 2.45) is 5.73 Å². The largest absolute Gasteiger partial charge is 0.327 e. The van der Waals surface area contributed by atoms with Crippen molar-refractivity contribution in [1.82, 2.24) is 0 Å². The van der Waals surface area contributed by atoms with Gasteiger partial charge in [0.1, 0.15) is 0 Å². The monoisotopic (exact) mass is 267 g/mol. The van der Waals surface area contributed by atoms with Gasteiger partial charge in [0.2, 0.25) is 0 Å². The van der Waals surface area contributed by atoms with Crippen LogP contribution in [0.25, 0.3) is 0 Å². The number of hydrogen-bond donors (Lipinski definition) is 1. The Morgan fingerprint density at radius 2 is 1.78 bits per heavy atom. The first-order valence-corrected chi connectivity index (χ1v) is 8.07. The highest BCUT2D eigenvalue weighted by molar-refractivity contribution is 7.92. The van der Waals surface area contributed by atoms with Gasteiger partial charge in [0, 0.05) is 6.04 Å². The Morgan fingerprint density at radius 1 is 1.17 bits per heavy atom. The molecule has 0 heterocycles. The SMILES string of the molecule is CC(C)c1ccc(S(=O)(=O)C2CCCC2N)cc1. The van der Waals surface area contributed by atoms with Crippen molar-refractivity contribution in [2.45, 2.75) is 55.2 Å². The average molecular weight is 267 g/mol. The second-order valence-corrected chi connectivity index (χ2v) is 7.57. The molecule has 2 rings (SSSR count). The van der Waals surface area contributed by atoms with Crippen LogP contribution in [0.5, 0.6) is 0 Å². The van der Waals surface area contributed by atoms with Crippen LogP contribution in [0.15, 0.2) is 29.2 Å². The van der Waals surface area contributed by atoms with E-state index < -0.39 is 15.1 Å². The van der Waals surface area contributed by atoms with Crippen LogP contribution in [0.1, 0.15) is 44.6 Å². The molecule has 18 heavy (non-hydrogen) atoms. The van der Waals surface area contributed by atoms with E-state index in [9.17, 15) is 8.42 Å². The summed E-state index contributed by atoms with van der Waals surface area (Å²) < 4.78 is 24.9. The van der Waals surface area contributed by atoms with Crippen molar-refractivity contribution in [2.75, 3.05) is 0 Å². The first kappa shape index (κ1) is 13.6. The van der Waals surface area contributed by atoms with Crippen molar-refractivity contribution in [3.05, 3.63) is 29.8 Å². The lowest BCUT2D eigenvalue weighted by Crippen LogP contribution is -2.35. The maximum atomic E-state index is 12.4. The molecule has 0 aliphatic heterocycles. The normalized spacial score (nSPS) is 24.7. The summed E-state index contributed by atoms with van der Waals surface area (Å²) in [5.41, 5.74) is 7.06. The number of nitrogens with two attached hydrogens (primary N) is 1. The maximum absolute atomic E-state index is 12.4. The minimum atomic E-state index is -3.26. The van der Waals surface area contributed by atoms with Crippen molar-refractivity contribution < 1.29 is 8.42 Å². The Hall–Kier alpha value is -0.870. The smallest absolute Gasteiger partial charge is 0.182 e. The van der Waals surface area contributed by atoms with E-state index in [-0.39, 0.29) is 6.04 Å². The van der Waals surface area contributed by atoms with Gasteiger partial charge in [-0.15, -0.1) is 0 Å². The van der Waals surface area contributed by atoms with Gasteiger partial charge in [-0.1, -0.05) is 32.4 Å². The molecule has 0 bridgehead atoms. The molecule has 0 saturated heterocycles. The molecule has 1 saturated carbocycles. The quantitative estimate of drug-likeness (QED) is 0.915. The Kier molecular flexibility index (Phi) is 3.78. The van der Waals surface area contributed by atoms with E-state index in [1.165, 1.54) is 0 Å². The summed E-state index contributed by atoms with van der Waals surface area (Å²) in [6.07, 6.45) is 2.42. The number of hydrogen-bond acceptors (Lipinski definition) is 3. The lowest BCUT2D eigenvalue weighted by Gasteiger charge is -2.16. The standard InChI is InChI=1S/C14H21NO2S/c1-10(2)11-6-8-12(9-7-11)18(16,17)14-5-3-4-13(14)15/h6-10,13-14H,3-5,15H2,1-2H3. The van der Waals surface area contributed by atoms with Gasteiger partial charge in [0.15, 0.2) is 9.84 Å². The second-order valence-electron chi connectivity index (χ2n) is 5.40. The zero-order valence-electron chi connectivity index (χ0n) is 11.0. The molecule has 0 aromatic heterocycles. The second kappa shape index (κ2) is 5.02. The molecule has 4 heteroatoms.